The Bertz CT molecular complexity index is 3840. The van der Waals surface area contributed by atoms with E-state index in [0.717, 1.165) is 11.4 Å². The molecule has 0 saturated heterocycles. The van der Waals surface area contributed by atoms with Gasteiger partial charge in [0.05, 0.1) is 38.8 Å². The molecular formula is C61H43N3Si. The van der Waals surface area contributed by atoms with Crippen LogP contribution in [0.1, 0.15) is 5.56 Å². The van der Waals surface area contributed by atoms with Crippen LogP contribution in [0.15, 0.2) is 243 Å². The van der Waals surface area contributed by atoms with Gasteiger partial charge in [-0.2, -0.15) is 0 Å². The van der Waals surface area contributed by atoms with Crippen LogP contribution in [0, 0.1) is 6.92 Å². The Morgan fingerprint density at radius 1 is 0.277 bits per heavy atom. The molecule has 0 unspecified atom stereocenters. The van der Waals surface area contributed by atoms with Crippen LogP contribution in [-0.2, 0) is 0 Å². The lowest BCUT2D eigenvalue weighted by Gasteiger charge is -2.34. The molecular weight excluding hydrogens is 803 g/mol. The van der Waals surface area contributed by atoms with Gasteiger partial charge < -0.3 is 13.7 Å². The zero-order chi connectivity index (χ0) is 43.1. The highest BCUT2D eigenvalue weighted by Crippen LogP contribution is 2.41. The Kier molecular flexibility index (Phi) is 8.45. The van der Waals surface area contributed by atoms with E-state index in [-0.39, 0.29) is 0 Å². The SMILES string of the molecule is Cc1ccc2c3ccccc3n(-c3cccc4c5ccccc5n(-c5ccc6c(c5)c5ccccc5n6-c5ccc([Si](c6ccccc6)(c6ccccc6)c6ccccc6)cc5)c34)c2c1. The van der Waals surface area contributed by atoms with Crippen LogP contribution >= 0.6 is 0 Å². The highest BCUT2D eigenvalue weighted by Gasteiger charge is 2.41. The minimum atomic E-state index is -2.67. The minimum absolute atomic E-state index is 1.13. The number of benzene rings is 10. The van der Waals surface area contributed by atoms with E-state index in [4.69, 9.17) is 0 Å². The van der Waals surface area contributed by atoms with Crippen LogP contribution in [0.2, 0.25) is 0 Å². The zero-order valence-corrected chi connectivity index (χ0v) is 36.9. The van der Waals surface area contributed by atoms with E-state index in [1.807, 2.05) is 0 Å². The van der Waals surface area contributed by atoms with Crippen LogP contribution in [0.3, 0.4) is 0 Å². The van der Waals surface area contributed by atoms with Crippen molar-refractivity contribution < 1.29 is 0 Å². The first-order valence-electron chi connectivity index (χ1n) is 22.5. The smallest absolute Gasteiger partial charge is 0.179 e. The summed E-state index contributed by atoms with van der Waals surface area (Å²) in [4.78, 5) is 0. The van der Waals surface area contributed by atoms with Crippen LogP contribution in [0.4, 0.5) is 0 Å². The number of nitrogens with zero attached hydrogens (tertiary/aromatic N) is 3. The molecule has 0 amide bonds. The maximum Gasteiger partial charge on any atom is 0.179 e. The summed E-state index contributed by atoms with van der Waals surface area (Å²) in [6.07, 6.45) is 0. The van der Waals surface area contributed by atoms with E-state index < -0.39 is 8.07 Å². The fourth-order valence-corrected chi connectivity index (χ4v) is 15.8. The first-order valence-corrected chi connectivity index (χ1v) is 24.5. The largest absolute Gasteiger partial charge is 0.309 e. The molecule has 306 valence electrons. The zero-order valence-electron chi connectivity index (χ0n) is 35.9. The monoisotopic (exact) mass is 845 g/mol. The average molecular weight is 846 g/mol. The quantitative estimate of drug-likeness (QED) is 0.112. The molecule has 3 aromatic heterocycles. The summed E-state index contributed by atoms with van der Waals surface area (Å²) < 4.78 is 7.43. The Balaban J connectivity index is 1.03. The molecule has 4 heteroatoms. The Labute approximate surface area is 378 Å². The summed E-state index contributed by atoms with van der Waals surface area (Å²) in [5.41, 5.74) is 11.9. The number of hydrogen-bond donors (Lipinski definition) is 0. The number of para-hydroxylation sites is 4. The van der Waals surface area contributed by atoms with Crippen molar-refractivity contribution in [3.05, 3.63) is 248 Å². The van der Waals surface area contributed by atoms with Crippen molar-refractivity contribution in [3.8, 4) is 17.1 Å². The van der Waals surface area contributed by atoms with E-state index in [1.165, 1.54) is 97.4 Å². The molecule has 0 N–H and O–H groups in total. The predicted octanol–water partition coefficient (Wildman–Crippen LogP) is 12.7. The summed E-state index contributed by atoms with van der Waals surface area (Å²) >= 11 is 0. The van der Waals surface area contributed by atoms with Gasteiger partial charge in [0.2, 0.25) is 0 Å². The first-order chi connectivity index (χ1) is 32.2. The van der Waals surface area contributed by atoms with Crippen molar-refractivity contribution in [2.75, 3.05) is 0 Å². The Morgan fingerprint density at radius 3 is 1.34 bits per heavy atom. The van der Waals surface area contributed by atoms with Crippen LogP contribution in [0.25, 0.3) is 82.5 Å². The highest BCUT2D eigenvalue weighted by molar-refractivity contribution is 7.19. The van der Waals surface area contributed by atoms with E-state index in [2.05, 4.69) is 263 Å². The minimum Gasteiger partial charge on any atom is -0.309 e. The molecule has 0 bridgehead atoms. The summed E-state index contributed by atoms with van der Waals surface area (Å²) in [7, 11) is -2.67. The number of rotatable bonds is 7. The third-order valence-electron chi connectivity index (χ3n) is 13.8. The van der Waals surface area contributed by atoms with Gasteiger partial charge in [0, 0.05) is 43.7 Å². The van der Waals surface area contributed by atoms with Gasteiger partial charge in [-0.3, -0.25) is 0 Å². The van der Waals surface area contributed by atoms with E-state index >= 15 is 0 Å². The van der Waals surface area contributed by atoms with Gasteiger partial charge in [-0.25, -0.2) is 0 Å². The molecule has 13 aromatic rings. The van der Waals surface area contributed by atoms with E-state index in [1.54, 1.807) is 0 Å². The molecule has 0 aliphatic heterocycles. The second-order valence-corrected chi connectivity index (χ2v) is 21.2. The number of hydrogen-bond acceptors (Lipinski definition) is 0. The second-order valence-electron chi connectivity index (χ2n) is 17.3. The molecule has 0 spiro atoms. The molecule has 10 aromatic carbocycles. The van der Waals surface area contributed by atoms with Crippen molar-refractivity contribution in [1.29, 1.82) is 0 Å². The van der Waals surface area contributed by atoms with Crippen molar-refractivity contribution in [3.63, 3.8) is 0 Å². The van der Waals surface area contributed by atoms with Gasteiger partial charge in [0.15, 0.2) is 8.07 Å². The fourth-order valence-electron chi connectivity index (χ4n) is 11.1. The predicted molar refractivity (Wildman–Crippen MR) is 278 cm³/mol. The van der Waals surface area contributed by atoms with Crippen LogP contribution < -0.4 is 20.7 Å². The molecule has 13 rings (SSSR count). The van der Waals surface area contributed by atoms with Gasteiger partial charge in [-0.05, 0) is 93.9 Å². The molecule has 0 aliphatic carbocycles. The lowest BCUT2D eigenvalue weighted by molar-refractivity contribution is 1.13. The molecule has 3 nitrogen and oxygen atoms in total. The lowest BCUT2D eigenvalue weighted by atomic mass is 10.1. The lowest BCUT2D eigenvalue weighted by Crippen LogP contribution is -2.74. The normalized spacial score (nSPS) is 12.1. The van der Waals surface area contributed by atoms with E-state index in [9.17, 15) is 0 Å². The maximum absolute atomic E-state index is 2.67. The van der Waals surface area contributed by atoms with Gasteiger partial charge in [-0.1, -0.05) is 182 Å². The van der Waals surface area contributed by atoms with Gasteiger partial charge in [0.1, 0.15) is 0 Å². The fraction of sp³-hybridized carbons (Fsp3) is 0.0164. The average Bonchev–Trinajstić information content (AvgIpc) is 4.01. The number of aromatic nitrogens is 3. The maximum atomic E-state index is 2.50. The van der Waals surface area contributed by atoms with Gasteiger partial charge in [-0.15, -0.1) is 0 Å². The third-order valence-corrected chi connectivity index (χ3v) is 18.6. The standard InChI is InChI=1S/C61H43N3Si/c1-42-32-38-52-49-24-11-16-30-57(49)64(60(52)40-42)59-31-17-27-53-50-25-12-15-29-56(50)63(61(53)59)44-35-39-58-54(41-44)51-26-13-14-28-55(51)62(58)43-33-36-48(37-34-43)65(45-18-5-2-6-19-45,46-20-7-3-8-21-46)47-22-9-4-10-23-47/h2-41H,1H3. The molecule has 0 radical (unpaired) electrons. The highest BCUT2D eigenvalue weighted by atomic mass is 28.3. The van der Waals surface area contributed by atoms with Crippen molar-refractivity contribution in [2.45, 2.75) is 6.92 Å². The third kappa shape index (κ3) is 5.54. The molecule has 65 heavy (non-hydrogen) atoms. The van der Waals surface area contributed by atoms with Crippen molar-refractivity contribution in [2.24, 2.45) is 0 Å². The van der Waals surface area contributed by atoms with Crippen molar-refractivity contribution in [1.82, 2.24) is 13.7 Å². The first kappa shape index (κ1) is 37.4. The molecule has 0 aliphatic rings. The number of fused-ring (bicyclic) bond motifs is 9. The Morgan fingerprint density at radius 2 is 0.723 bits per heavy atom. The summed E-state index contributed by atoms with van der Waals surface area (Å²) in [6.45, 7) is 2.19. The van der Waals surface area contributed by atoms with Crippen LogP contribution in [0.5, 0.6) is 0 Å². The molecule has 0 fully saturated rings. The van der Waals surface area contributed by atoms with Crippen LogP contribution in [-0.4, -0.2) is 21.8 Å². The topological polar surface area (TPSA) is 14.8 Å². The molecule has 0 atom stereocenters. The van der Waals surface area contributed by atoms with Gasteiger partial charge in [0.25, 0.3) is 0 Å². The van der Waals surface area contributed by atoms with E-state index in [0.29, 0.717) is 0 Å². The summed E-state index contributed by atoms with van der Waals surface area (Å²) in [5.74, 6) is 0. The number of aryl methyl sites for hydroxylation is 1. The Hall–Kier alpha value is -8.18. The van der Waals surface area contributed by atoms with Gasteiger partial charge >= 0.3 is 0 Å². The second kappa shape index (κ2) is 14.7. The summed E-state index contributed by atoms with van der Waals surface area (Å²) in [5, 5.41) is 12.9. The summed E-state index contributed by atoms with van der Waals surface area (Å²) in [6, 6.07) is 90.3. The van der Waals surface area contributed by atoms with Crippen molar-refractivity contribution >= 4 is 94.2 Å². The molecule has 3 heterocycles. The molecule has 0 saturated carbocycles.